The SMILES string of the molecule is O=S(=O)(NCCCCCCO)c1ccc(Cl)nc1. The summed E-state index contributed by atoms with van der Waals surface area (Å²) in [5.41, 5.74) is 0. The summed E-state index contributed by atoms with van der Waals surface area (Å²) in [6.07, 6.45) is 4.53. The zero-order valence-corrected chi connectivity index (χ0v) is 11.5. The molecular weight excluding hydrogens is 276 g/mol. The summed E-state index contributed by atoms with van der Waals surface area (Å²) in [5, 5.41) is 8.86. The number of halogens is 1. The number of sulfonamides is 1. The highest BCUT2D eigenvalue weighted by Gasteiger charge is 2.13. The van der Waals surface area contributed by atoms with E-state index in [9.17, 15) is 8.42 Å². The molecule has 0 aliphatic carbocycles. The minimum atomic E-state index is -3.49. The highest BCUT2D eigenvalue weighted by Crippen LogP contribution is 2.10. The zero-order chi connectivity index (χ0) is 13.4. The third kappa shape index (κ3) is 5.30. The molecule has 1 aromatic rings. The monoisotopic (exact) mass is 292 g/mol. The molecule has 0 aromatic carbocycles. The maximum atomic E-state index is 11.8. The Morgan fingerprint density at radius 3 is 2.56 bits per heavy atom. The minimum Gasteiger partial charge on any atom is -0.396 e. The molecule has 7 heteroatoms. The second-order valence-electron chi connectivity index (χ2n) is 3.85. The van der Waals surface area contributed by atoms with Crippen molar-refractivity contribution in [2.75, 3.05) is 13.2 Å². The van der Waals surface area contributed by atoms with Gasteiger partial charge in [-0.1, -0.05) is 24.4 Å². The van der Waals surface area contributed by atoms with E-state index < -0.39 is 10.0 Å². The summed E-state index contributed by atoms with van der Waals surface area (Å²) in [4.78, 5) is 3.85. The third-order valence-electron chi connectivity index (χ3n) is 2.39. The van der Waals surface area contributed by atoms with E-state index >= 15 is 0 Å². The standard InChI is InChI=1S/C11H17ClN2O3S/c12-11-6-5-10(9-13-11)18(16,17)14-7-3-1-2-4-8-15/h5-6,9,14-15H,1-4,7-8H2. The number of aliphatic hydroxyl groups excluding tert-OH is 1. The molecule has 0 saturated heterocycles. The van der Waals surface area contributed by atoms with Gasteiger partial charge in [0.15, 0.2) is 0 Å². The molecule has 0 amide bonds. The van der Waals surface area contributed by atoms with Crippen LogP contribution in [0.5, 0.6) is 0 Å². The first kappa shape index (κ1) is 15.4. The van der Waals surface area contributed by atoms with Gasteiger partial charge >= 0.3 is 0 Å². The average molecular weight is 293 g/mol. The Kier molecular flexibility index (Phi) is 6.56. The number of nitrogens with one attached hydrogen (secondary N) is 1. The van der Waals surface area contributed by atoms with E-state index in [4.69, 9.17) is 16.7 Å². The highest BCUT2D eigenvalue weighted by molar-refractivity contribution is 7.89. The van der Waals surface area contributed by atoms with E-state index in [1.54, 1.807) is 0 Å². The summed E-state index contributed by atoms with van der Waals surface area (Å²) in [6, 6.07) is 2.86. The second kappa shape index (κ2) is 7.68. The van der Waals surface area contributed by atoms with Crippen LogP contribution in [-0.2, 0) is 10.0 Å². The molecule has 102 valence electrons. The van der Waals surface area contributed by atoms with E-state index in [1.807, 2.05) is 0 Å². The Morgan fingerprint density at radius 2 is 1.94 bits per heavy atom. The van der Waals surface area contributed by atoms with Crippen molar-refractivity contribution in [3.05, 3.63) is 23.5 Å². The molecule has 0 aliphatic rings. The van der Waals surface area contributed by atoms with E-state index in [-0.39, 0.29) is 16.7 Å². The fraction of sp³-hybridized carbons (Fsp3) is 0.545. The number of aromatic nitrogens is 1. The number of hydrogen-bond acceptors (Lipinski definition) is 4. The van der Waals surface area contributed by atoms with E-state index in [1.165, 1.54) is 18.3 Å². The van der Waals surface area contributed by atoms with Crippen LogP contribution in [0.25, 0.3) is 0 Å². The van der Waals surface area contributed by atoms with Crippen molar-refractivity contribution < 1.29 is 13.5 Å². The Hall–Kier alpha value is -0.690. The predicted molar refractivity (Wildman–Crippen MR) is 70.0 cm³/mol. The van der Waals surface area contributed by atoms with Gasteiger partial charge in [0.1, 0.15) is 10.0 Å². The first-order chi connectivity index (χ1) is 8.56. The van der Waals surface area contributed by atoms with Crippen LogP contribution in [-0.4, -0.2) is 31.7 Å². The van der Waals surface area contributed by atoms with Gasteiger partial charge in [-0.15, -0.1) is 0 Å². The quantitative estimate of drug-likeness (QED) is 0.563. The van der Waals surface area contributed by atoms with Crippen LogP contribution in [0.3, 0.4) is 0 Å². The summed E-state index contributed by atoms with van der Waals surface area (Å²) in [6.45, 7) is 0.568. The number of pyridine rings is 1. The highest BCUT2D eigenvalue weighted by atomic mass is 35.5. The Labute approximate surface area is 112 Å². The van der Waals surface area contributed by atoms with Crippen LogP contribution in [0.2, 0.25) is 5.15 Å². The first-order valence-corrected chi connectivity index (χ1v) is 7.64. The number of unbranched alkanes of at least 4 members (excludes halogenated alkanes) is 3. The predicted octanol–water partition coefficient (Wildman–Crippen LogP) is 1.57. The van der Waals surface area contributed by atoms with Crippen molar-refractivity contribution >= 4 is 21.6 Å². The van der Waals surface area contributed by atoms with Crippen molar-refractivity contribution in [3.63, 3.8) is 0 Å². The van der Waals surface area contributed by atoms with Gasteiger partial charge in [0, 0.05) is 19.3 Å². The van der Waals surface area contributed by atoms with Gasteiger partial charge in [-0.25, -0.2) is 18.1 Å². The average Bonchev–Trinajstić information content (AvgIpc) is 2.34. The molecule has 5 nitrogen and oxygen atoms in total. The summed E-state index contributed by atoms with van der Waals surface area (Å²) >= 11 is 5.59. The number of aliphatic hydroxyl groups is 1. The summed E-state index contributed by atoms with van der Waals surface area (Å²) in [5.74, 6) is 0. The molecule has 0 bridgehead atoms. The molecule has 0 saturated carbocycles. The molecule has 1 aromatic heterocycles. The molecule has 0 aliphatic heterocycles. The molecule has 1 rings (SSSR count). The molecule has 0 radical (unpaired) electrons. The maximum Gasteiger partial charge on any atom is 0.242 e. The van der Waals surface area contributed by atoms with Gasteiger partial charge in [-0.2, -0.15) is 0 Å². The molecule has 0 unspecified atom stereocenters. The summed E-state index contributed by atoms with van der Waals surface area (Å²) in [7, 11) is -3.49. The van der Waals surface area contributed by atoms with E-state index in [0.29, 0.717) is 6.54 Å². The van der Waals surface area contributed by atoms with Crippen LogP contribution in [0.1, 0.15) is 25.7 Å². The molecule has 2 N–H and O–H groups in total. The van der Waals surface area contributed by atoms with Crippen molar-refractivity contribution in [2.45, 2.75) is 30.6 Å². The molecule has 0 spiro atoms. The molecule has 0 fully saturated rings. The van der Waals surface area contributed by atoms with E-state index in [2.05, 4.69) is 9.71 Å². The van der Waals surface area contributed by atoms with Gasteiger partial charge in [0.05, 0.1) is 0 Å². The van der Waals surface area contributed by atoms with Crippen molar-refractivity contribution in [1.82, 2.24) is 9.71 Å². The maximum absolute atomic E-state index is 11.8. The van der Waals surface area contributed by atoms with Crippen LogP contribution in [0.15, 0.2) is 23.2 Å². The minimum absolute atomic E-state index is 0.113. The normalized spacial score (nSPS) is 11.7. The molecule has 1 heterocycles. The van der Waals surface area contributed by atoms with Crippen LogP contribution < -0.4 is 4.72 Å². The fourth-order valence-corrected chi connectivity index (χ4v) is 2.53. The summed E-state index contributed by atoms with van der Waals surface area (Å²) < 4.78 is 26.1. The van der Waals surface area contributed by atoms with Gasteiger partial charge in [0.25, 0.3) is 0 Å². The molecule has 0 atom stereocenters. The van der Waals surface area contributed by atoms with Crippen LogP contribution in [0.4, 0.5) is 0 Å². The third-order valence-corrected chi connectivity index (χ3v) is 4.06. The Morgan fingerprint density at radius 1 is 1.22 bits per heavy atom. The van der Waals surface area contributed by atoms with Gasteiger partial charge < -0.3 is 5.11 Å². The van der Waals surface area contributed by atoms with Crippen molar-refractivity contribution in [1.29, 1.82) is 0 Å². The number of hydrogen-bond donors (Lipinski definition) is 2. The smallest absolute Gasteiger partial charge is 0.242 e. The largest absolute Gasteiger partial charge is 0.396 e. The number of nitrogens with zero attached hydrogens (tertiary/aromatic N) is 1. The van der Waals surface area contributed by atoms with E-state index in [0.717, 1.165) is 25.7 Å². The van der Waals surface area contributed by atoms with Gasteiger partial charge in [0.2, 0.25) is 10.0 Å². The Bertz CT molecular complexity index is 448. The lowest BCUT2D eigenvalue weighted by Gasteiger charge is -2.06. The lowest BCUT2D eigenvalue weighted by atomic mass is 10.2. The number of rotatable bonds is 8. The van der Waals surface area contributed by atoms with Crippen LogP contribution in [0, 0.1) is 0 Å². The topological polar surface area (TPSA) is 79.3 Å². The lowest BCUT2D eigenvalue weighted by Crippen LogP contribution is -2.24. The second-order valence-corrected chi connectivity index (χ2v) is 6.01. The van der Waals surface area contributed by atoms with Crippen LogP contribution >= 0.6 is 11.6 Å². The molecule has 18 heavy (non-hydrogen) atoms. The molecular formula is C11H17ClN2O3S. The van der Waals surface area contributed by atoms with Crippen molar-refractivity contribution in [2.24, 2.45) is 0 Å². The lowest BCUT2D eigenvalue weighted by molar-refractivity contribution is 0.282. The zero-order valence-electron chi connectivity index (χ0n) is 9.97. The fourth-order valence-electron chi connectivity index (χ4n) is 1.40. The first-order valence-electron chi connectivity index (χ1n) is 5.78. The Balaban J connectivity index is 2.38. The van der Waals surface area contributed by atoms with Crippen molar-refractivity contribution in [3.8, 4) is 0 Å². The van der Waals surface area contributed by atoms with Gasteiger partial charge in [-0.3, -0.25) is 0 Å². The van der Waals surface area contributed by atoms with Gasteiger partial charge in [-0.05, 0) is 25.0 Å².